The fourth-order valence-corrected chi connectivity index (χ4v) is 5.17. The molecule has 0 spiro atoms. The Morgan fingerprint density at radius 2 is 1.85 bits per heavy atom. The number of pyridine rings is 1. The molecule has 1 aliphatic heterocycles. The van der Waals surface area contributed by atoms with Crippen LogP contribution in [0.25, 0.3) is 10.9 Å². The molecule has 1 amide bonds. The van der Waals surface area contributed by atoms with Crippen molar-refractivity contribution in [2.75, 3.05) is 18.2 Å². The molecule has 10 heteroatoms. The zero-order valence-electron chi connectivity index (χ0n) is 18.9. The monoisotopic (exact) mass is 482 g/mol. The molecule has 8 nitrogen and oxygen atoms in total. The summed E-state index contributed by atoms with van der Waals surface area (Å²) in [4.78, 5) is 25.0. The number of hydrogen-bond acceptors (Lipinski definition) is 8. The van der Waals surface area contributed by atoms with E-state index in [1.807, 2.05) is 0 Å². The Morgan fingerprint density at radius 3 is 2.62 bits per heavy atom. The molecule has 5 rings (SSSR count). The van der Waals surface area contributed by atoms with E-state index in [1.165, 1.54) is 17.8 Å². The molecule has 0 saturated heterocycles. The highest BCUT2D eigenvalue weighted by Crippen LogP contribution is 2.28. The van der Waals surface area contributed by atoms with Gasteiger partial charge in [0, 0.05) is 36.6 Å². The van der Waals surface area contributed by atoms with Crippen molar-refractivity contribution in [2.24, 2.45) is 0 Å². The molecule has 1 aliphatic carbocycles. The van der Waals surface area contributed by atoms with E-state index in [0.717, 1.165) is 42.0 Å². The molecule has 3 heterocycles. The highest BCUT2D eigenvalue weighted by Gasteiger charge is 2.22. The number of hydrogen-bond donors (Lipinski definition) is 3. The standard InChI is InChI=1S/C24H27FN6O2S/c1-33-21-9-7-18-19(25)8-2-14(22(18)31-21)10-26-15-3-5-16(6-4-15)27-11-17-12-28-24-23(29-17)30-20(32)13-34-24/h2,7-9,12,15-16,26-27H,3-6,10-11,13H2,1H3,(H,29,30,32). The molecule has 178 valence electrons. The molecule has 0 bridgehead atoms. The zero-order valence-corrected chi connectivity index (χ0v) is 19.8. The van der Waals surface area contributed by atoms with Crippen molar-refractivity contribution in [2.45, 2.75) is 55.9 Å². The molecule has 1 aromatic carbocycles. The Labute approximate surface area is 201 Å². The van der Waals surface area contributed by atoms with E-state index >= 15 is 0 Å². The minimum Gasteiger partial charge on any atom is -0.481 e. The molecule has 3 N–H and O–H groups in total. The smallest absolute Gasteiger partial charge is 0.236 e. The Kier molecular flexibility index (Phi) is 6.89. The second kappa shape index (κ2) is 10.2. The number of carbonyl (C=O) groups excluding carboxylic acids is 1. The van der Waals surface area contributed by atoms with Crippen LogP contribution in [0.4, 0.5) is 10.2 Å². The normalized spacial score (nSPS) is 20.1. The van der Waals surface area contributed by atoms with E-state index in [2.05, 4.69) is 30.9 Å². The third-order valence-electron chi connectivity index (χ3n) is 6.34. The fraction of sp³-hybridized carbons (Fsp3) is 0.417. The number of amides is 1. The Balaban J connectivity index is 1.12. The third-order valence-corrected chi connectivity index (χ3v) is 7.32. The van der Waals surface area contributed by atoms with E-state index in [9.17, 15) is 9.18 Å². The summed E-state index contributed by atoms with van der Waals surface area (Å²) in [7, 11) is 1.56. The number of thioether (sulfide) groups is 1. The van der Waals surface area contributed by atoms with Crippen LogP contribution < -0.4 is 20.7 Å². The van der Waals surface area contributed by atoms with Crippen molar-refractivity contribution in [3.8, 4) is 5.88 Å². The van der Waals surface area contributed by atoms with Crippen LogP contribution in [0.5, 0.6) is 5.88 Å². The van der Waals surface area contributed by atoms with Gasteiger partial charge in [-0.3, -0.25) is 4.79 Å². The first kappa shape index (κ1) is 22.9. The molecular formula is C24H27FN6O2S. The van der Waals surface area contributed by atoms with E-state index in [1.54, 1.807) is 31.5 Å². The number of benzene rings is 1. The van der Waals surface area contributed by atoms with Crippen molar-refractivity contribution < 1.29 is 13.9 Å². The summed E-state index contributed by atoms with van der Waals surface area (Å²) < 4.78 is 19.4. The van der Waals surface area contributed by atoms with Gasteiger partial charge in [0.15, 0.2) is 5.82 Å². The van der Waals surface area contributed by atoms with Crippen LogP contribution in [-0.4, -0.2) is 45.8 Å². The predicted octanol–water partition coefficient (Wildman–Crippen LogP) is 3.41. The molecule has 2 aromatic heterocycles. The summed E-state index contributed by atoms with van der Waals surface area (Å²) in [6.07, 6.45) is 5.99. The quantitative estimate of drug-likeness (QED) is 0.471. The number of ether oxygens (including phenoxy) is 1. The van der Waals surface area contributed by atoms with Gasteiger partial charge < -0.3 is 20.7 Å². The van der Waals surface area contributed by atoms with E-state index in [-0.39, 0.29) is 11.7 Å². The van der Waals surface area contributed by atoms with Gasteiger partial charge in [0.25, 0.3) is 0 Å². The second-order valence-corrected chi connectivity index (χ2v) is 9.58. The third kappa shape index (κ3) is 5.13. The molecule has 0 atom stereocenters. The molecule has 1 fully saturated rings. The minimum atomic E-state index is -0.273. The number of halogens is 1. The van der Waals surface area contributed by atoms with E-state index in [0.29, 0.717) is 53.5 Å². The van der Waals surface area contributed by atoms with Crippen molar-refractivity contribution in [3.05, 3.63) is 47.5 Å². The van der Waals surface area contributed by atoms with Gasteiger partial charge >= 0.3 is 0 Å². The number of rotatable bonds is 7. The number of anilines is 1. The number of nitrogens with one attached hydrogen (secondary N) is 3. The average molecular weight is 483 g/mol. The van der Waals surface area contributed by atoms with Crippen LogP contribution in [0.2, 0.25) is 0 Å². The van der Waals surface area contributed by atoms with Crippen molar-refractivity contribution in [1.29, 1.82) is 0 Å². The number of methoxy groups -OCH3 is 1. The maximum absolute atomic E-state index is 14.2. The summed E-state index contributed by atoms with van der Waals surface area (Å²) >= 11 is 1.42. The first-order valence-corrected chi connectivity index (χ1v) is 12.4. The lowest BCUT2D eigenvalue weighted by Gasteiger charge is -2.30. The van der Waals surface area contributed by atoms with Gasteiger partial charge in [-0.1, -0.05) is 17.8 Å². The van der Waals surface area contributed by atoms with Gasteiger partial charge in [-0.2, -0.15) is 0 Å². The number of aromatic nitrogens is 3. The number of fused-ring (bicyclic) bond motifs is 2. The highest BCUT2D eigenvalue weighted by molar-refractivity contribution is 8.00. The summed E-state index contributed by atoms with van der Waals surface area (Å²) in [5.41, 5.74) is 2.43. The highest BCUT2D eigenvalue weighted by atomic mass is 32.2. The van der Waals surface area contributed by atoms with Crippen LogP contribution in [0.1, 0.15) is 36.9 Å². The van der Waals surface area contributed by atoms with Crippen molar-refractivity contribution in [3.63, 3.8) is 0 Å². The summed E-state index contributed by atoms with van der Waals surface area (Å²) in [6.45, 7) is 1.26. The van der Waals surface area contributed by atoms with E-state index < -0.39 is 0 Å². The summed E-state index contributed by atoms with van der Waals surface area (Å²) in [6, 6.07) is 7.52. The van der Waals surface area contributed by atoms with Gasteiger partial charge in [-0.15, -0.1) is 0 Å². The van der Waals surface area contributed by atoms with Crippen molar-refractivity contribution >= 4 is 34.4 Å². The van der Waals surface area contributed by atoms with Crippen molar-refractivity contribution in [1.82, 2.24) is 25.6 Å². The van der Waals surface area contributed by atoms with Gasteiger partial charge in [-0.25, -0.2) is 19.3 Å². The zero-order chi connectivity index (χ0) is 23.5. The largest absolute Gasteiger partial charge is 0.481 e. The first-order chi connectivity index (χ1) is 16.6. The topological polar surface area (TPSA) is 101 Å². The molecular weight excluding hydrogens is 455 g/mol. The van der Waals surface area contributed by atoms with Crippen LogP contribution in [0.15, 0.2) is 35.5 Å². The molecule has 1 saturated carbocycles. The SMILES string of the molecule is COc1ccc2c(F)ccc(CNC3CCC(NCc4cnc5c(n4)NC(=O)CS5)CC3)c2n1. The molecule has 2 aliphatic rings. The van der Waals surface area contributed by atoms with Gasteiger partial charge in [0.2, 0.25) is 11.8 Å². The number of nitrogens with zero attached hydrogens (tertiary/aromatic N) is 3. The lowest BCUT2D eigenvalue weighted by Crippen LogP contribution is -2.39. The first-order valence-electron chi connectivity index (χ1n) is 11.5. The minimum absolute atomic E-state index is 0.0358. The van der Waals surface area contributed by atoms with Crippen LogP contribution in [0.3, 0.4) is 0 Å². The average Bonchev–Trinajstić information content (AvgIpc) is 2.87. The van der Waals surface area contributed by atoms with Gasteiger partial charge in [0.1, 0.15) is 10.8 Å². The fourth-order valence-electron chi connectivity index (χ4n) is 4.47. The lowest BCUT2D eigenvalue weighted by molar-refractivity contribution is -0.113. The summed E-state index contributed by atoms with van der Waals surface area (Å²) in [5.74, 6) is 1.12. The maximum Gasteiger partial charge on any atom is 0.236 e. The van der Waals surface area contributed by atoms with Gasteiger partial charge in [-0.05, 0) is 43.4 Å². The van der Waals surface area contributed by atoms with Crippen LogP contribution >= 0.6 is 11.8 Å². The lowest BCUT2D eigenvalue weighted by atomic mass is 9.91. The van der Waals surface area contributed by atoms with Crippen LogP contribution in [-0.2, 0) is 17.9 Å². The predicted molar refractivity (Wildman–Crippen MR) is 129 cm³/mol. The summed E-state index contributed by atoms with van der Waals surface area (Å²) in [5, 5.41) is 11.3. The Bertz CT molecular complexity index is 1200. The molecule has 0 radical (unpaired) electrons. The Hall–Kier alpha value is -2.82. The van der Waals surface area contributed by atoms with E-state index in [4.69, 9.17) is 4.74 Å². The molecule has 0 unspecified atom stereocenters. The molecule has 34 heavy (non-hydrogen) atoms. The number of carbonyl (C=O) groups is 1. The second-order valence-electron chi connectivity index (χ2n) is 8.62. The van der Waals surface area contributed by atoms with Gasteiger partial charge in [0.05, 0.1) is 30.3 Å². The Morgan fingerprint density at radius 1 is 1.09 bits per heavy atom. The molecule has 3 aromatic rings. The van der Waals surface area contributed by atoms with Crippen LogP contribution in [0, 0.1) is 5.82 Å². The maximum atomic E-state index is 14.2.